The molecule has 0 aromatic rings. The van der Waals surface area contributed by atoms with Crippen molar-refractivity contribution in [3.05, 3.63) is 0 Å². The normalized spacial score (nSPS) is 30.1. The second-order valence-electron chi connectivity index (χ2n) is 8.31. The monoisotopic (exact) mass is 327 g/mol. The highest BCUT2D eigenvalue weighted by Crippen LogP contribution is 2.25. The molecule has 1 aliphatic heterocycles. The van der Waals surface area contributed by atoms with E-state index in [0.717, 1.165) is 32.5 Å². The van der Waals surface area contributed by atoms with E-state index < -0.39 is 5.60 Å². The fourth-order valence-corrected chi connectivity index (χ4v) is 3.73. The van der Waals surface area contributed by atoms with Crippen molar-refractivity contribution in [3.8, 4) is 0 Å². The summed E-state index contributed by atoms with van der Waals surface area (Å²) in [5.74, 6) is 0.686. The van der Waals surface area contributed by atoms with E-state index in [2.05, 4.69) is 29.2 Å². The van der Waals surface area contributed by atoms with Gasteiger partial charge >= 0.3 is 6.09 Å². The molecule has 0 aromatic heterocycles. The molecule has 0 bridgehead atoms. The molecule has 2 fully saturated rings. The predicted molar refractivity (Wildman–Crippen MR) is 90.4 cm³/mol. The van der Waals surface area contributed by atoms with E-state index in [1.165, 1.54) is 0 Å². The minimum absolute atomic E-state index is 0.0380. The van der Waals surface area contributed by atoms with Gasteiger partial charge in [0.05, 0.1) is 6.10 Å². The maximum absolute atomic E-state index is 12.1. The number of carbonyl (C=O) groups excluding carboxylic acids is 1. The minimum atomic E-state index is -0.490. The summed E-state index contributed by atoms with van der Waals surface area (Å²) in [6.07, 6.45) is 1.60. The molecule has 134 valence electrons. The summed E-state index contributed by atoms with van der Waals surface area (Å²) in [4.78, 5) is 16.7. The molecule has 1 heterocycles. The van der Waals surface area contributed by atoms with Gasteiger partial charge in [0.1, 0.15) is 5.60 Å². The van der Waals surface area contributed by atoms with E-state index in [1.54, 1.807) is 0 Å². The first kappa shape index (κ1) is 18.5. The first-order valence-corrected chi connectivity index (χ1v) is 8.70. The van der Waals surface area contributed by atoms with Crippen LogP contribution in [0.1, 0.15) is 40.0 Å². The fraction of sp³-hybridized carbons (Fsp3) is 0.941. The molecule has 2 N–H and O–H groups in total. The summed E-state index contributed by atoms with van der Waals surface area (Å²) in [7, 11) is 4.23. The number of rotatable bonds is 4. The highest BCUT2D eigenvalue weighted by atomic mass is 16.6. The molecule has 1 saturated heterocycles. The maximum atomic E-state index is 12.1. The minimum Gasteiger partial charge on any atom is -0.444 e. The Morgan fingerprint density at radius 3 is 2.57 bits per heavy atom. The average Bonchev–Trinajstić information content (AvgIpc) is 2.36. The summed E-state index contributed by atoms with van der Waals surface area (Å²) >= 11 is 0. The largest absolute Gasteiger partial charge is 0.444 e. The third kappa shape index (κ3) is 5.62. The molecule has 2 rings (SSSR count). The molecule has 2 aliphatic rings. The second-order valence-corrected chi connectivity index (χ2v) is 8.31. The zero-order valence-electron chi connectivity index (χ0n) is 15.2. The van der Waals surface area contributed by atoms with Gasteiger partial charge in [-0.25, -0.2) is 4.79 Å². The quantitative estimate of drug-likeness (QED) is 0.814. The smallest absolute Gasteiger partial charge is 0.407 e. The number of nitrogens with one attached hydrogen (secondary N) is 1. The molecule has 1 amide bonds. The van der Waals surface area contributed by atoms with Crippen molar-refractivity contribution in [1.82, 2.24) is 15.1 Å². The Bertz CT molecular complexity index is 404. The maximum Gasteiger partial charge on any atom is 0.407 e. The van der Waals surface area contributed by atoms with Crippen LogP contribution in [0.25, 0.3) is 0 Å². The number of ether oxygens (including phenoxy) is 1. The number of hydrogen-bond donors (Lipinski definition) is 2. The van der Waals surface area contributed by atoms with Crippen LogP contribution in [0.15, 0.2) is 0 Å². The van der Waals surface area contributed by atoms with Gasteiger partial charge < -0.3 is 25.0 Å². The molecule has 6 nitrogen and oxygen atoms in total. The van der Waals surface area contributed by atoms with Crippen LogP contribution in [0.4, 0.5) is 4.79 Å². The van der Waals surface area contributed by atoms with Gasteiger partial charge in [-0.15, -0.1) is 0 Å². The molecule has 1 saturated carbocycles. The van der Waals surface area contributed by atoms with Crippen molar-refractivity contribution >= 4 is 6.09 Å². The van der Waals surface area contributed by atoms with Crippen molar-refractivity contribution in [3.63, 3.8) is 0 Å². The number of carbonyl (C=O) groups is 1. The van der Waals surface area contributed by atoms with Gasteiger partial charge in [-0.05, 0) is 60.0 Å². The van der Waals surface area contributed by atoms with E-state index in [4.69, 9.17) is 4.74 Å². The molecule has 0 aromatic carbocycles. The zero-order chi connectivity index (χ0) is 17.2. The van der Waals surface area contributed by atoms with Crippen molar-refractivity contribution in [2.45, 2.75) is 63.8 Å². The number of hydrogen-bond acceptors (Lipinski definition) is 5. The fourth-order valence-electron chi connectivity index (χ4n) is 3.73. The van der Waals surface area contributed by atoms with Crippen LogP contribution in [-0.4, -0.2) is 78.5 Å². The molecule has 0 radical (unpaired) electrons. The molecular formula is C17H33N3O3. The van der Waals surface area contributed by atoms with Crippen LogP contribution in [0.2, 0.25) is 0 Å². The number of alkyl carbamates (subject to hydrolysis) is 1. The van der Waals surface area contributed by atoms with Gasteiger partial charge in [0.2, 0.25) is 0 Å². The summed E-state index contributed by atoms with van der Waals surface area (Å²) in [5.41, 5.74) is -0.490. The lowest BCUT2D eigenvalue weighted by atomic mass is 9.86. The Hall–Kier alpha value is -0.850. The first-order valence-electron chi connectivity index (χ1n) is 8.70. The van der Waals surface area contributed by atoms with Crippen molar-refractivity contribution in [2.75, 3.05) is 33.7 Å². The van der Waals surface area contributed by atoms with E-state index >= 15 is 0 Å². The highest BCUT2D eigenvalue weighted by molar-refractivity contribution is 5.68. The molecule has 3 unspecified atom stereocenters. The molecule has 23 heavy (non-hydrogen) atoms. The Morgan fingerprint density at radius 2 is 2.00 bits per heavy atom. The lowest BCUT2D eigenvalue weighted by Crippen LogP contribution is -2.58. The van der Waals surface area contributed by atoms with Crippen molar-refractivity contribution in [2.24, 2.45) is 5.92 Å². The van der Waals surface area contributed by atoms with Crippen molar-refractivity contribution in [1.29, 1.82) is 0 Å². The molecule has 0 spiro atoms. The van der Waals surface area contributed by atoms with Crippen LogP contribution in [-0.2, 0) is 4.74 Å². The second kappa shape index (κ2) is 7.36. The third-order valence-electron chi connectivity index (χ3n) is 4.74. The highest BCUT2D eigenvalue weighted by Gasteiger charge is 2.36. The summed E-state index contributed by atoms with van der Waals surface area (Å²) in [6, 6.07) is 0.202. The number of aliphatic hydroxyl groups excluding tert-OH is 1. The lowest BCUT2D eigenvalue weighted by molar-refractivity contribution is 0.0157. The van der Waals surface area contributed by atoms with E-state index in [1.807, 2.05) is 20.8 Å². The Labute approximate surface area is 140 Å². The Balaban J connectivity index is 1.91. The average molecular weight is 327 g/mol. The lowest BCUT2D eigenvalue weighted by Gasteiger charge is -2.44. The molecule has 6 heteroatoms. The SMILES string of the molecule is CN1CC(CN(C)C2CC(O)CCC2NC(=O)OC(C)(C)C)C1. The Morgan fingerprint density at radius 1 is 1.35 bits per heavy atom. The van der Waals surface area contributed by atoms with E-state index in [-0.39, 0.29) is 24.3 Å². The number of likely N-dealkylation sites (N-methyl/N-ethyl adjacent to an activating group) is 1. The first-order chi connectivity index (χ1) is 10.6. The molecular weight excluding hydrogens is 294 g/mol. The molecule has 3 atom stereocenters. The van der Waals surface area contributed by atoms with E-state index in [9.17, 15) is 9.90 Å². The van der Waals surface area contributed by atoms with Crippen LogP contribution in [0, 0.1) is 5.92 Å². The van der Waals surface area contributed by atoms with Gasteiger partial charge in [-0.3, -0.25) is 0 Å². The van der Waals surface area contributed by atoms with Crippen LogP contribution < -0.4 is 5.32 Å². The van der Waals surface area contributed by atoms with Gasteiger partial charge in [0.25, 0.3) is 0 Å². The van der Waals surface area contributed by atoms with Gasteiger partial charge in [-0.2, -0.15) is 0 Å². The number of nitrogens with zero attached hydrogens (tertiary/aromatic N) is 2. The number of amides is 1. The summed E-state index contributed by atoms with van der Waals surface area (Å²) < 4.78 is 5.39. The summed E-state index contributed by atoms with van der Waals surface area (Å²) in [5, 5.41) is 13.1. The number of likely N-dealkylation sites (tertiary alicyclic amines) is 1. The van der Waals surface area contributed by atoms with Crippen molar-refractivity contribution < 1.29 is 14.6 Å². The summed E-state index contributed by atoms with van der Waals surface area (Å²) in [6.45, 7) is 8.87. The standard InChI is InChI=1S/C17H33N3O3/c1-17(2,3)23-16(22)18-14-7-6-13(21)8-15(14)20(5)11-12-9-19(4)10-12/h12-15,21H,6-11H2,1-5H3,(H,18,22). The molecule has 1 aliphatic carbocycles. The van der Waals surface area contributed by atoms with Crippen LogP contribution in [0.3, 0.4) is 0 Å². The van der Waals surface area contributed by atoms with Gasteiger partial charge in [-0.1, -0.05) is 0 Å². The topological polar surface area (TPSA) is 65.0 Å². The van der Waals surface area contributed by atoms with E-state index in [0.29, 0.717) is 12.3 Å². The van der Waals surface area contributed by atoms with Crippen LogP contribution in [0.5, 0.6) is 0 Å². The van der Waals surface area contributed by atoms with Crippen LogP contribution >= 0.6 is 0 Å². The predicted octanol–water partition coefficient (Wildman–Crippen LogP) is 1.29. The van der Waals surface area contributed by atoms with Gasteiger partial charge in [0, 0.05) is 31.7 Å². The zero-order valence-corrected chi connectivity index (χ0v) is 15.2. The third-order valence-corrected chi connectivity index (χ3v) is 4.74. The number of aliphatic hydroxyl groups is 1. The Kier molecular flexibility index (Phi) is 5.92. The van der Waals surface area contributed by atoms with Gasteiger partial charge in [0.15, 0.2) is 0 Å².